The highest BCUT2D eigenvalue weighted by molar-refractivity contribution is 9.10. The van der Waals surface area contributed by atoms with Crippen LogP contribution in [0.2, 0.25) is 0 Å². The molecule has 20 heavy (non-hydrogen) atoms. The van der Waals surface area contributed by atoms with Crippen LogP contribution in [0.3, 0.4) is 0 Å². The second-order valence-electron chi connectivity index (χ2n) is 4.47. The van der Waals surface area contributed by atoms with Crippen LogP contribution in [0.4, 0.5) is 5.69 Å². The summed E-state index contributed by atoms with van der Waals surface area (Å²) in [6, 6.07) is 13.4. The summed E-state index contributed by atoms with van der Waals surface area (Å²) in [5.74, 6) is 0.971. The number of nitrogens with two attached hydrogens (primary N) is 1. The lowest BCUT2D eigenvalue weighted by molar-refractivity contribution is 0.432. The van der Waals surface area contributed by atoms with Gasteiger partial charge >= 0.3 is 0 Å². The third kappa shape index (κ3) is 2.32. The van der Waals surface area contributed by atoms with Crippen molar-refractivity contribution in [3.63, 3.8) is 0 Å². The number of benzene rings is 2. The molecule has 3 rings (SSSR count). The Labute approximate surface area is 124 Å². The number of anilines is 1. The third-order valence-electron chi connectivity index (χ3n) is 3.05. The molecule has 0 unspecified atom stereocenters. The predicted octanol–water partition coefficient (Wildman–Crippen LogP) is 4.06. The molecule has 0 saturated carbocycles. The number of aryl methyl sites for hydroxylation is 1. The van der Waals surface area contributed by atoms with Crippen LogP contribution in [0.25, 0.3) is 22.8 Å². The molecule has 0 atom stereocenters. The molecule has 2 N–H and O–H groups in total. The number of hydrogen-bond donors (Lipinski definition) is 1. The summed E-state index contributed by atoms with van der Waals surface area (Å²) in [4.78, 5) is 4.40. The zero-order chi connectivity index (χ0) is 14.1. The van der Waals surface area contributed by atoms with Crippen LogP contribution in [0, 0.1) is 6.92 Å². The largest absolute Gasteiger partial charge is 0.398 e. The second kappa shape index (κ2) is 5.09. The molecule has 100 valence electrons. The van der Waals surface area contributed by atoms with Gasteiger partial charge in [-0.2, -0.15) is 4.98 Å². The SMILES string of the molecule is Cc1ccc(-c2nc(-c3ccccc3N)no2)cc1Br. The number of nitrogen functional groups attached to an aromatic ring is 1. The third-order valence-corrected chi connectivity index (χ3v) is 3.90. The van der Waals surface area contributed by atoms with E-state index in [4.69, 9.17) is 10.3 Å². The summed E-state index contributed by atoms with van der Waals surface area (Å²) in [5.41, 5.74) is 9.34. The molecule has 1 aromatic heterocycles. The van der Waals surface area contributed by atoms with Crippen molar-refractivity contribution in [3.05, 3.63) is 52.5 Å². The Kier molecular flexibility index (Phi) is 3.28. The first-order valence-corrected chi connectivity index (χ1v) is 6.89. The topological polar surface area (TPSA) is 64.9 Å². The maximum Gasteiger partial charge on any atom is 0.258 e. The summed E-state index contributed by atoms with van der Waals surface area (Å²) in [5, 5.41) is 3.99. The molecule has 1 heterocycles. The summed E-state index contributed by atoms with van der Waals surface area (Å²) >= 11 is 3.50. The van der Waals surface area contributed by atoms with Crippen molar-refractivity contribution in [2.45, 2.75) is 6.92 Å². The summed E-state index contributed by atoms with van der Waals surface area (Å²) in [6.45, 7) is 2.03. The minimum atomic E-state index is 0.476. The van der Waals surface area contributed by atoms with Gasteiger partial charge in [-0.05, 0) is 36.8 Å². The van der Waals surface area contributed by atoms with Crippen LogP contribution in [0.1, 0.15) is 5.56 Å². The lowest BCUT2D eigenvalue weighted by Crippen LogP contribution is -1.90. The van der Waals surface area contributed by atoms with Gasteiger partial charge in [0.1, 0.15) is 0 Å². The van der Waals surface area contributed by atoms with Crippen LogP contribution in [-0.2, 0) is 0 Å². The highest BCUT2D eigenvalue weighted by Crippen LogP contribution is 2.28. The van der Waals surface area contributed by atoms with Crippen molar-refractivity contribution in [1.82, 2.24) is 10.1 Å². The van der Waals surface area contributed by atoms with Gasteiger partial charge in [0.05, 0.1) is 0 Å². The van der Waals surface area contributed by atoms with E-state index < -0.39 is 0 Å². The van der Waals surface area contributed by atoms with E-state index in [0.717, 1.165) is 21.2 Å². The standard InChI is InChI=1S/C15H12BrN3O/c1-9-6-7-10(8-12(9)16)15-18-14(19-20-15)11-4-2-3-5-13(11)17/h2-8H,17H2,1H3. The molecule has 0 aliphatic heterocycles. The Morgan fingerprint density at radius 1 is 1.15 bits per heavy atom. The van der Waals surface area contributed by atoms with Crippen molar-refractivity contribution < 1.29 is 4.52 Å². The van der Waals surface area contributed by atoms with E-state index in [9.17, 15) is 0 Å². The van der Waals surface area contributed by atoms with Gasteiger partial charge in [-0.3, -0.25) is 0 Å². The van der Waals surface area contributed by atoms with Gasteiger partial charge in [0.15, 0.2) is 0 Å². The molecule has 0 amide bonds. The fraction of sp³-hybridized carbons (Fsp3) is 0.0667. The Morgan fingerprint density at radius 2 is 1.95 bits per heavy atom. The number of hydrogen-bond acceptors (Lipinski definition) is 4. The molecule has 0 aliphatic rings. The van der Waals surface area contributed by atoms with Crippen LogP contribution >= 0.6 is 15.9 Å². The highest BCUT2D eigenvalue weighted by Gasteiger charge is 2.13. The molecule has 0 spiro atoms. The molecule has 0 fully saturated rings. The summed E-state index contributed by atoms with van der Waals surface area (Å²) < 4.78 is 6.33. The molecule has 0 bridgehead atoms. The van der Waals surface area contributed by atoms with Crippen molar-refractivity contribution in [2.24, 2.45) is 0 Å². The minimum absolute atomic E-state index is 0.476. The van der Waals surface area contributed by atoms with Crippen LogP contribution in [0.5, 0.6) is 0 Å². The van der Waals surface area contributed by atoms with E-state index in [0.29, 0.717) is 17.4 Å². The van der Waals surface area contributed by atoms with Gasteiger partial charge in [0.2, 0.25) is 5.82 Å². The van der Waals surface area contributed by atoms with Crippen molar-refractivity contribution in [1.29, 1.82) is 0 Å². The van der Waals surface area contributed by atoms with Crippen molar-refractivity contribution in [3.8, 4) is 22.8 Å². The van der Waals surface area contributed by atoms with E-state index in [2.05, 4.69) is 26.1 Å². The first-order valence-electron chi connectivity index (χ1n) is 6.10. The van der Waals surface area contributed by atoms with Gasteiger partial charge in [-0.25, -0.2) is 0 Å². The quantitative estimate of drug-likeness (QED) is 0.720. The Hall–Kier alpha value is -2.14. The number of aromatic nitrogens is 2. The fourth-order valence-corrected chi connectivity index (χ4v) is 2.26. The number of rotatable bonds is 2. The molecular weight excluding hydrogens is 318 g/mol. The number of halogens is 1. The molecule has 4 nitrogen and oxygen atoms in total. The van der Waals surface area contributed by atoms with Crippen LogP contribution in [0.15, 0.2) is 51.5 Å². The zero-order valence-corrected chi connectivity index (χ0v) is 12.4. The highest BCUT2D eigenvalue weighted by atomic mass is 79.9. The van der Waals surface area contributed by atoms with E-state index in [1.807, 2.05) is 49.4 Å². The lowest BCUT2D eigenvalue weighted by atomic mass is 10.1. The van der Waals surface area contributed by atoms with Gasteiger partial charge in [-0.1, -0.05) is 39.3 Å². The molecule has 0 radical (unpaired) electrons. The van der Waals surface area contributed by atoms with E-state index >= 15 is 0 Å². The number of para-hydroxylation sites is 1. The maximum atomic E-state index is 5.92. The van der Waals surface area contributed by atoms with Gasteiger partial charge in [-0.15, -0.1) is 0 Å². The van der Waals surface area contributed by atoms with Crippen LogP contribution in [-0.4, -0.2) is 10.1 Å². The first-order chi connectivity index (χ1) is 9.65. The molecule has 3 aromatic rings. The average molecular weight is 330 g/mol. The molecule has 0 saturated heterocycles. The smallest absolute Gasteiger partial charge is 0.258 e. The minimum Gasteiger partial charge on any atom is -0.398 e. The normalized spacial score (nSPS) is 10.7. The van der Waals surface area contributed by atoms with Gasteiger partial charge in [0, 0.05) is 21.3 Å². The van der Waals surface area contributed by atoms with Gasteiger partial charge in [0.25, 0.3) is 5.89 Å². The predicted molar refractivity (Wildman–Crippen MR) is 82.0 cm³/mol. The first kappa shape index (κ1) is 12.9. The Balaban J connectivity index is 2.02. The van der Waals surface area contributed by atoms with E-state index in [1.165, 1.54) is 0 Å². The van der Waals surface area contributed by atoms with Gasteiger partial charge < -0.3 is 10.3 Å². The molecule has 0 aliphatic carbocycles. The van der Waals surface area contributed by atoms with Crippen molar-refractivity contribution >= 4 is 21.6 Å². The Morgan fingerprint density at radius 3 is 2.70 bits per heavy atom. The zero-order valence-electron chi connectivity index (χ0n) is 10.8. The summed E-state index contributed by atoms with van der Waals surface area (Å²) in [7, 11) is 0. The lowest BCUT2D eigenvalue weighted by Gasteiger charge is -1.99. The average Bonchev–Trinajstić information content (AvgIpc) is 2.92. The monoisotopic (exact) mass is 329 g/mol. The van der Waals surface area contributed by atoms with Crippen molar-refractivity contribution in [2.75, 3.05) is 5.73 Å². The van der Waals surface area contributed by atoms with Crippen LogP contribution < -0.4 is 5.73 Å². The second-order valence-corrected chi connectivity index (χ2v) is 5.33. The summed E-state index contributed by atoms with van der Waals surface area (Å²) in [6.07, 6.45) is 0. The number of nitrogens with zero attached hydrogens (tertiary/aromatic N) is 2. The Bertz CT molecular complexity index is 767. The maximum absolute atomic E-state index is 5.92. The molecule has 5 heteroatoms. The van der Waals surface area contributed by atoms with E-state index in [1.54, 1.807) is 0 Å². The van der Waals surface area contributed by atoms with E-state index in [-0.39, 0.29) is 0 Å². The fourth-order valence-electron chi connectivity index (χ4n) is 1.88. The molecular formula is C15H12BrN3O. The molecule has 2 aromatic carbocycles.